The molecule has 4 N–H and O–H groups in total. The number of piperidine rings is 1. The Hall–Kier alpha value is -4.12. The Morgan fingerprint density at radius 1 is 1.00 bits per heavy atom. The minimum atomic E-state index is -0.289. The number of anilines is 1. The van der Waals surface area contributed by atoms with Crippen molar-refractivity contribution in [1.82, 2.24) is 15.1 Å². The fourth-order valence-corrected chi connectivity index (χ4v) is 7.04. The van der Waals surface area contributed by atoms with Crippen molar-refractivity contribution in [2.45, 2.75) is 58.3 Å². The number of carbonyl (C=O) groups is 2. The first-order chi connectivity index (χ1) is 23.9. The summed E-state index contributed by atoms with van der Waals surface area (Å²) < 4.78 is 11.6. The predicted octanol–water partition coefficient (Wildman–Crippen LogP) is 5.10. The molecule has 0 atom stereocenters. The third-order valence-corrected chi connectivity index (χ3v) is 9.72. The Labute approximate surface area is 296 Å². The molecule has 10 nitrogen and oxygen atoms in total. The van der Waals surface area contributed by atoms with Gasteiger partial charge in [0.25, 0.3) is 5.91 Å². The predicted molar refractivity (Wildman–Crippen MR) is 196 cm³/mol. The molecule has 0 spiro atoms. The van der Waals surface area contributed by atoms with Crippen molar-refractivity contribution in [2.75, 3.05) is 71.5 Å². The first kappa shape index (κ1) is 37.1. The number of likely N-dealkylation sites (tertiary alicyclic amines) is 1. The third-order valence-electron chi connectivity index (χ3n) is 9.72. The zero-order chi connectivity index (χ0) is 35.7. The van der Waals surface area contributed by atoms with Gasteiger partial charge in [0.1, 0.15) is 17.2 Å². The molecule has 1 fully saturated rings. The van der Waals surface area contributed by atoms with E-state index < -0.39 is 0 Å². The Kier molecular flexibility index (Phi) is 12.4. The van der Waals surface area contributed by atoms with E-state index in [-0.39, 0.29) is 35.0 Å². The summed E-state index contributed by atoms with van der Waals surface area (Å²) in [6, 6.07) is 19.9. The lowest BCUT2D eigenvalue weighted by Crippen LogP contribution is -2.42. The maximum Gasteiger partial charge on any atom is 0.262 e. The number of carbonyl (C=O) groups excluding carboxylic acids is 2. The fraction of sp³-hybridized carbons (Fsp3) is 0.500. The molecular formula is C40H54N4O6. The van der Waals surface area contributed by atoms with Crippen LogP contribution in [0.1, 0.15) is 62.3 Å². The number of nitrogens with zero attached hydrogens (tertiary/aromatic N) is 2. The van der Waals surface area contributed by atoms with Crippen molar-refractivity contribution >= 4 is 17.5 Å². The van der Waals surface area contributed by atoms with Gasteiger partial charge in [-0.25, -0.2) is 0 Å². The summed E-state index contributed by atoms with van der Waals surface area (Å²) in [4.78, 5) is 29.3. The van der Waals surface area contributed by atoms with E-state index in [4.69, 9.17) is 9.47 Å². The summed E-state index contributed by atoms with van der Waals surface area (Å²) in [7, 11) is 2.15. The second-order valence-electron chi connectivity index (χ2n) is 14.9. The lowest BCUT2D eigenvalue weighted by molar-refractivity contribution is -0.133. The highest BCUT2D eigenvalue weighted by Crippen LogP contribution is 2.45. The van der Waals surface area contributed by atoms with Crippen LogP contribution >= 0.6 is 0 Å². The minimum absolute atomic E-state index is 0.0145. The normalized spacial score (nSPS) is 16.0. The number of fused-ring (bicyclic) bond motifs is 1. The van der Waals surface area contributed by atoms with Gasteiger partial charge in [0, 0.05) is 30.6 Å². The molecular weight excluding hydrogens is 632 g/mol. The van der Waals surface area contributed by atoms with E-state index >= 15 is 0 Å². The van der Waals surface area contributed by atoms with Crippen molar-refractivity contribution in [3.05, 3.63) is 82.9 Å². The minimum Gasteiger partial charge on any atom is -0.508 e. The SMILES string of the molecule is CN1CCC(c2ccccc2)(c2cc(CCOCCC(=O)N(CCNCCc3ccc(O)c4c3OCC(=O)N4)CC(C)(C)C)ccc2O)CC1. The van der Waals surface area contributed by atoms with E-state index in [1.54, 1.807) is 12.1 Å². The Balaban J connectivity index is 1.10. The van der Waals surface area contributed by atoms with Gasteiger partial charge in [0.15, 0.2) is 12.4 Å². The maximum absolute atomic E-state index is 13.3. The molecule has 2 heterocycles. The monoisotopic (exact) mass is 686 g/mol. The van der Waals surface area contributed by atoms with E-state index in [0.29, 0.717) is 75.8 Å². The average molecular weight is 687 g/mol. The number of phenols is 2. The van der Waals surface area contributed by atoms with Crippen LogP contribution in [0.4, 0.5) is 5.69 Å². The first-order valence-corrected chi connectivity index (χ1v) is 17.9. The summed E-state index contributed by atoms with van der Waals surface area (Å²) in [6.45, 7) is 11.6. The first-order valence-electron chi connectivity index (χ1n) is 17.9. The zero-order valence-electron chi connectivity index (χ0n) is 30.1. The maximum atomic E-state index is 13.3. The molecule has 2 amide bonds. The largest absolute Gasteiger partial charge is 0.508 e. The molecule has 10 heteroatoms. The number of nitrogens with one attached hydrogen (secondary N) is 2. The summed E-state index contributed by atoms with van der Waals surface area (Å²) in [5.74, 6) is 0.612. The summed E-state index contributed by atoms with van der Waals surface area (Å²) in [5, 5.41) is 27.3. The highest BCUT2D eigenvalue weighted by atomic mass is 16.5. The van der Waals surface area contributed by atoms with Gasteiger partial charge < -0.3 is 40.1 Å². The molecule has 270 valence electrons. The molecule has 3 aromatic carbocycles. The zero-order valence-corrected chi connectivity index (χ0v) is 30.1. The van der Waals surface area contributed by atoms with Crippen LogP contribution in [-0.4, -0.2) is 98.0 Å². The fourth-order valence-electron chi connectivity index (χ4n) is 7.04. The molecule has 0 radical (unpaired) electrons. The van der Waals surface area contributed by atoms with Gasteiger partial charge in [-0.1, -0.05) is 69.3 Å². The smallest absolute Gasteiger partial charge is 0.262 e. The van der Waals surface area contributed by atoms with E-state index in [1.165, 1.54) is 5.56 Å². The molecule has 0 unspecified atom stereocenters. The van der Waals surface area contributed by atoms with E-state index in [9.17, 15) is 19.8 Å². The lowest BCUT2D eigenvalue weighted by atomic mass is 9.67. The van der Waals surface area contributed by atoms with Gasteiger partial charge in [-0.3, -0.25) is 9.59 Å². The quantitative estimate of drug-likeness (QED) is 0.129. The number of hydrogen-bond donors (Lipinski definition) is 4. The van der Waals surface area contributed by atoms with Crippen LogP contribution in [0.2, 0.25) is 0 Å². The molecule has 5 rings (SSSR count). The van der Waals surface area contributed by atoms with Crippen LogP contribution in [0.5, 0.6) is 17.2 Å². The second-order valence-corrected chi connectivity index (χ2v) is 14.9. The number of phenolic OH excluding ortho intramolecular Hbond substituents is 2. The van der Waals surface area contributed by atoms with Crippen LogP contribution in [0.3, 0.4) is 0 Å². The van der Waals surface area contributed by atoms with Crippen LogP contribution in [-0.2, 0) is 32.6 Å². The van der Waals surface area contributed by atoms with E-state index in [0.717, 1.165) is 42.6 Å². The standard InChI is InChI=1S/C40H54N4O6/c1-39(2,3)28-44(23-20-41-19-14-30-11-13-34(46)37-38(30)50-27-35(47)42-37)36(48)16-25-49-24-15-29-10-12-33(45)32(26-29)40(17-21-43(4)22-18-40)31-8-6-5-7-9-31/h5-13,26,41,45-46H,14-25,27-28H2,1-4H3,(H,42,47). The van der Waals surface area contributed by atoms with Crippen molar-refractivity contribution < 1.29 is 29.3 Å². The molecule has 3 aromatic rings. The molecule has 1 saturated heterocycles. The number of hydrogen-bond acceptors (Lipinski definition) is 8. The number of aromatic hydroxyl groups is 2. The van der Waals surface area contributed by atoms with E-state index in [2.05, 4.69) is 73.7 Å². The van der Waals surface area contributed by atoms with Crippen molar-refractivity contribution in [1.29, 1.82) is 0 Å². The van der Waals surface area contributed by atoms with Gasteiger partial charge in [-0.05, 0) is 86.6 Å². The third kappa shape index (κ3) is 9.56. The van der Waals surface area contributed by atoms with Crippen LogP contribution in [0, 0.1) is 5.41 Å². The van der Waals surface area contributed by atoms with Gasteiger partial charge >= 0.3 is 0 Å². The second kappa shape index (κ2) is 16.7. The Morgan fingerprint density at radius 2 is 1.74 bits per heavy atom. The highest BCUT2D eigenvalue weighted by molar-refractivity contribution is 5.97. The topological polar surface area (TPSA) is 124 Å². The van der Waals surface area contributed by atoms with Gasteiger partial charge in [-0.15, -0.1) is 0 Å². The molecule has 0 bridgehead atoms. The molecule has 0 saturated carbocycles. The summed E-state index contributed by atoms with van der Waals surface area (Å²) >= 11 is 0. The number of rotatable bonds is 15. The molecule has 50 heavy (non-hydrogen) atoms. The summed E-state index contributed by atoms with van der Waals surface area (Å²) in [6.07, 6.45) is 3.54. The Morgan fingerprint density at radius 3 is 2.48 bits per heavy atom. The van der Waals surface area contributed by atoms with E-state index in [1.807, 2.05) is 23.1 Å². The van der Waals surface area contributed by atoms with Crippen molar-refractivity contribution in [3.8, 4) is 17.2 Å². The molecule has 0 aliphatic carbocycles. The van der Waals surface area contributed by atoms with Gasteiger partial charge in [0.2, 0.25) is 5.91 Å². The highest BCUT2D eigenvalue weighted by Gasteiger charge is 2.39. The van der Waals surface area contributed by atoms with Gasteiger partial charge in [0.05, 0.1) is 19.6 Å². The van der Waals surface area contributed by atoms with Crippen LogP contribution in [0.15, 0.2) is 60.7 Å². The van der Waals surface area contributed by atoms with Crippen molar-refractivity contribution in [2.24, 2.45) is 5.41 Å². The van der Waals surface area contributed by atoms with Crippen LogP contribution in [0.25, 0.3) is 0 Å². The molecule has 2 aliphatic rings. The van der Waals surface area contributed by atoms with Crippen LogP contribution < -0.4 is 15.4 Å². The number of benzene rings is 3. The Bertz CT molecular complexity index is 1600. The average Bonchev–Trinajstić information content (AvgIpc) is 3.09. The summed E-state index contributed by atoms with van der Waals surface area (Å²) in [5.41, 5.74) is 4.27. The van der Waals surface area contributed by atoms with Gasteiger partial charge in [-0.2, -0.15) is 0 Å². The molecule has 2 aliphatic heterocycles. The van der Waals surface area contributed by atoms with Crippen molar-refractivity contribution in [3.63, 3.8) is 0 Å². The number of amides is 2. The lowest BCUT2D eigenvalue weighted by Gasteiger charge is -2.42. The molecule has 0 aromatic heterocycles. The number of ether oxygens (including phenoxy) is 2.